The third-order valence-corrected chi connectivity index (χ3v) is 3.28. The van der Waals surface area contributed by atoms with Gasteiger partial charge in [-0.3, -0.25) is 4.79 Å². The second-order valence-corrected chi connectivity index (χ2v) is 7.16. The molecule has 116 valence electrons. The van der Waals surface area contributed by atoms with E-state index in [2.05, 4.69) is 31.4 Å². The topological polar surface area (TPSA) is 61.4 Å². The molecule has 5 nitrogen and oxygen atoms in total. The van der Waals surface area contributed by atoms with Crippen LogP contribution in [0.3, 0.4) is 0 Å². The highest BCUT2D eigenvalue weighted by atomic mass is 16.2. The van der Waals surface area contributed by atoms with Crippen LogP contribution >= 0.6 is 0 Å². The Bertz CT molecular complexity index is 340. The summed E-state index contributed by atoms with van der Waals surface area (Å²) in [6, 6.07) is 0.204. The molecule has 0 aliphatic carbocycles. The molecule has 0 spiro atoms. The summed E-state index contributed by atoms with van der Waals surface area (Å²) < 4.78 is 0. The normalized spacial score (nSPS) is 17.2. The maximum absolute atomic E-state index is 12.1. The van der Waals surface area contributed by atoms with Crippen LogP contribution in [0.5, 0.6) is 0 Å². The van der Waals surface area contributed by atoms with Crippen molar-refractivity contribution in [3.63, 3.8) is 0 Å². The van der Waals surface area contributed by atoms with E-state index in [0.29, 0.717) is 6.42 Å². The lowest BCUT2D eigenvalue weighted by atomic mass is 9.91. The van der Waals surface area contributed by atoms with E-state index < -0.39 is 0 Å². The summed E-state index contributed by atoms with van der Waals surface area (Å²) in [5.41, 5.74) is 0.0311. The largest absolute Gasteiger partial charge is 0.343 e. The van der Waals surface area contributed by atoms with Crippen molar-refractivity contribution in [2.75, 3.05) is 13.1 Å². The first-order valence-corrected chi connectivity index (χ1v) is 7.52. The second kappa shape index (κ2) is 6.95. The molecule has 1 heterocycles. The van der Waals surface area contributed by atoms with Crippen molar-refractivity contribution in [1.82, 2.24) is 15.5 Å². The maximum Gasteiger partial charge on any atom is 0.315 e. The molecule has 3 amide bonds. The van der Waals surface area contributed by atoms with Gasteiger partial charge in [-0.05, 0) is 32.1 Å². The van der Waals surface area contributed by atoms with Crippen LogP contribution in [-0.4, -0.2) is 42.0 Å². The van der Waals surface area contributed by atoms with E-state index in [9.17, 15) is 9.59 Å². The van der Waals surface area contributed by atoms with Gasteiger partial charge in [-0.25, -0.2) is 4.79 Å². The molecular weight excluding hydrogens is 254 g/mol. The van der Waals surface area contributed by atoms with Gasteiger partial charge in [0.05, 0.1) is 0 Å². The summed E-state index contributed by atoms with van der Waals surface area (Å²) >= 11 is 0. The molecule has 0 atom stereocenters. The molecule has 1 aliphatic rings. The van der Waals surface area contributed by atoms with E-state index in [4.69, 9.17) is 0 Å². The van der Waals surface area contributed by atoms with Crippen LogP contribution < -0.4 is 10.6 Å². The molecule has 5 heteroatoms. The summed E-state index contributed by atoms with van der Waals surface area (Å²) in [7, 11) is 0. The van der Waals surface area contributed by atoms with Gasteiger partial charge in [0.2, 0.25) is 5.91 Å². The lowest BCUT2D eigenvalue weighted by molar-refractivity contribution is -0.134. The quantitative estimate of drug-likeness (QED) is 0.833. The predicted molar refractivity (Wildman–Crippen MR) is 80.5 cm³/mol. The number of nitrogens with zero attached hydrogens (tertiary/aromatic N) is 1. The highest BCUT2D eigenvalue weighted by Crippen LogP contribution is 2.21. The van der Waals surface area contributed by atoms with Crippen molar-refractivity contribution in [3.05, 3.63) is 0 Å². The molecule has 2 N–H and O–H groups in total. The van der Waals surface area contributed by atoms with E-state index in [1.54, 1.807) is 0 Å². The number of rotatable bonds is 3. The summed E-state index contributed by atoms with van der Waals surface area (Å²) in [5.74, 6) is 0.225. The van der Waals surface area contributed by atoms with Crippen LogP contribution in [0.4, 0.5) is 4.79 Å². The molecule has 1 rings (SSSR count). The fraction of sp³-hybridized carbons (Fsp3) is 0.867. The van der Waals surface area contributed by atoms with E-state index in [-0.39, 0.29) is 29.4 Å². The molecule has 20 heavy (non-hydrogen) atoms. The van der Waals surface area contributed by atoms with Crippen LogP contribution in [-0.2, 0) is 4.79 Å². The molecule has 0 radical (unpaired) electrons. The summed E-state index contributed by atoms with van der Waals surface area (Å²) in [6.07, 6.45) is 2.25. The predicted octanol–water partition coefficient (Wildman–Crippen LogP) is 2.12. The van der Waals surface area contributed by atoms with E-state index in [0.717, 1.165) is 25.9 Å². The van der Waals surface area contributed by atoms with Crippen molar-refractivity contribution in [3.8, 4) is 0 Å². The number of amides is 3. The van der Waals surface area contributed by atoms with Crippen molar-refractivity contribution in [1.29, 1.82) is 0 Å². The number of hydrogen-bond donors (Lipinski definition) is 2. The van der Waals surface area contributed by atoms with E-state index in [1.165, 1.54) is 0 Å². The van der Waals surface area contributed by atoms with Gasteiger partial charge in [-0.1, -0.05) is 20.8 Å². The van der Waals surface area contributed by atoms with Gasteiger partial charge in [0.1, 0.15) is 0 Å². The first kappa shape index (κ1) is 16.8. The standard InChI is InChI=1S/C15H29N3O2/c1-11(2)16-14(20)17-12-6-8-18(9-7-12)13(19)10-15(3,4)5/h11-12H,6-10H2,1-5H3,(H2,16,17,20). The number of carbonyl (C=O) groups is 2. The highest BCUT2D eigenvalue weighted by Gasteiger charge is 2.26. The van der Waals surface area contributed by atoms with Gasteiger partial charge < -0.3 is 15.5 Å². The Labute approximate surface area is 122 Å². The lowest BCUT2D eigenvalue weighted by Gasteiger charge is -2.34. The minimum atomic E-state index is -0.112. The summed E-state index contributed by atoms with van der Waals surface area (Å²) in [6.45, 7) is 11.6. The molecule has 0 aromatic carbocycles. The number of urea groups is 1. The van der Waals surface area contributed by atoms with Gasteiger partial charge in [0.25, 0.3) is 0 Å². The second-order valence-electron chi connectivity index (χ2n) is 7.16. The molecule has 1 fully saturated rings. The smallest absolute Gasteiger partial charge is 0.315 e. The van der Waals surface area contributed by atoms with Crippen LogP contribution in [0.1, 0.15) is 53.9 Å². The number of hydrogen-bond acceptors (Lipinski definition) is 2. The van der Waals surface area contributed by atoms with Gasteiger partial charge in [0.15, 0.2) is 0 Å². The first-order chi connectivity index (χ1) is 9.17. The molecule has 0 aromatic heterocycles. The molecule has 1 saturated heterocycles. The zero-order chi connectivity index (χ0) is 15.3. The minimum absolute atomic E-state index is 0.0311. The van der Waals surface area contributed by atoms with Crippen LogP contribution in [0, 0.1) is 5.41 Å². The summed E-state index contributed by atoms with van der Waals surface area (Å²) in [5, 5.41) is 5.79. The molecule has 1 aliphatic heterocycles. The highest BCUT2D eigenvalue weighted by molar-refractivity contribution is 5.77. The fourth-order valence-corrected chi connectivity index (χ4v) is 2.33. The van der Waals surface area contributed by atoms with E-state index >= 15 is 0 Å². The minimum Gasteiger partial charge on any atom is -0.343 e. The zero-order valence-electron chi connectivity index (χ0n) is 13.5. The Morgan fingerprint density at radius 2 is 1.75 bits per heavy atom. The van der Waals surface area contributed by atoms with Crippen LogP contribution in [0.2, 0.25) is 0 Å². The first-order valence-electron chi connectivity index (χ1n) is 7.52. The van der Waals surface area contributed by atoms with Crippen molar-refractivity contribution < 1.29 is 9.59 Å². The molecule has 0 unspecified atom stereocenters. The Morgan fingerprint density at radius 1 is 1.20 bits per heavy atom. The van der Waals surface area contributed by atoms with Gasteiger partial charge >= 0.3 is 6.03 Å². The van der Waals surface area contributed by atoms with E-state index in [1.807, 2.05) is 18.7 Å². The lowest BCUT2D eigenvalue weighted by Crippen LogP contribution is -2.50. The Kier molecular flexibility index (Phi) is 5.84. The number of nitrogens with one attached hydrogen (secondary N) is 2. The van der Waals surface area contributed by atoms with Crippen molar-refractivity contribution in [2.24, 2.45) is 5.41 Å². The summed E-state index contributed by atoms with van der Waals surface area (Å²) in [4.78, 5) is 25.7. The van der Waals surface area contributed by atoms with Crippen LogP contribution in [0.25, 0.3) is 0 Å². The number of carbonyl (C=O) groups excluding carboxylic acids is 2. The van der Waals surface area contributed by atoms with Gasteiger partial charge in [0, 0.05) is 31.6 Å². The van der Waals surface area contributed by atoms with Gasteiger partial charge in [-0.15, -0.1) is 0 Å². The van der Waals surface area contributed by atoms with Crippen molar-refractivity contribution in [2.45, 2.75) is 66.0 Å². The molecular formula is C15H29N3O2. The van der Waals surface area contributed by atoms with Gasteiger partial charge in [-0.2, -0.15) is 0 Å². The molecule has 0 aromatic rings. The third-order valence-electron chi connectivity index (χ3n) is 3.28. The Hall–Kier alpha value is -1.26. The fourth-order valence-electron chi connectivity index (χ4n) is 2.33. The zero-order valence-corrected chi connectivity index (χ0v) is 13.5. The van der Waals surface area contributed by atoms with Crippen molar-refractivity contribution >= 4 is 11.9 Å². The number of piperidine rings is 1. The number of likely N-dealkylation sites (tertiary alicyclic amines) is 1. The van der Waals surface area contributed by atoms with Crippen LogP contribution in [0.15, 0.2) is 0 Å². The monoisotopic (exact) mass is 283 g/mol. The third kappa shape index (κ3) is 6.26. The Balaban J connectivity index is 2.33. The SMILES string of the molecule is CC(C)NC(=O)NC1CCN(C(=O)CC(C)(C)C)CC1. The average Bonchev–Trinajstić information content (AvgIpc) is 2.26. The maximum atomic E-state index is 12.1. The Morgan fingerprint density at radius 3 is 2.20 bits per heavy atom. The molecule has 0 saturated carbocycles. The molecule has 0 bridgehead atoms. The average molecular weight is 283 g/mol.